The molecule has 0 fully saturated rings. The van der Waals surface area contributed by atoms with Gasteiger partial charge in [0.25, 0.3) is 0 Å². The standard InChI is InChI=1S/C12H13N3S/c1-9-6-10(13)2-3-12(9)16-8-11-7-14-4-5-15-11/h2-7H,8,13H2,1H3. The Balaban J connectivity index is 2.05. The molecule has 1 aromatic carbocycles. The van der Waals surface area contributed by atoms with E-state index >= 15 is 0 Å². The Morgan fingerprint density at radius 1 is 1.31 bits per heavy atom. The van der Waals surface area contributed by atoms with Gasteiger partial charge in [-0.3, -0.25) is 9.97 Å². The fraction of sp³-hybridized carbons (Fsp3) is 0.167. The Bertz CT molecular complexity index is 471. The first-order valence-corrected chi connectivity index (χ1v) is 5.98. The molecule has 1 aromatic heterocycles. The lowest BCUT2D eigenvalue weighted by Gasteiger charge is -2.05. The monoisotopic (exact) mass is 231 g/mol. The maximum atomic E-state index is 5.70. The molecular weight excluding hydrogens is 218 g/mol. The van der Waals surface area contributed by atoms with Gasteiger partial charge in [-0.05, 0) is 30.7 Å². The predicted molar refractivity (Wildman–Crippen MR) is 67.2 cm³/mol. The number of nitrogens with zero attached hydrogens (tertiary/aromatic N) is 2. The quantitative estimate of drug-likeness (QED) is 0.651. The molecule has 0 aliphatic rings. The summed E-state index contributed by atoms with van der Waals surface area (Å²) in [6, 6.07) is 5.96. The number of anilines is 1. The van der Waals surface area contributed by atoms with Gasteiger partial charge in [-0.2, -0.15) is 0 Å². The number of aryl methyl sites for hydroxylation is 1. The van der Waals surface area contributed by atoms with Gasteiger partial charge in [0.1, 0.15) is 0 Å². The molecule has 2 rings (SSSR count). The predicted octanol–water partition coefficient (Wildman–Crippen LogP) is 2.66. The Labute approximate surface area is 99.1 Å². The van der Waals surface area contributed by atoms with Gasteiger partial charge >= 0.3 is 0 Å². The van der Waals surface area contributed by atoms with E-state index in [1.165, 1.54) is 10.5 Å². The second kappa shape index (κ2) is 4.99. The summed E-state index contributed by atoms with van der Waals surface area (Å²) in [5.74, 6) is 0.832. The third kappa shape index (κ3) is 2.73. The molecule has 3 nitrogen and oxygen atoms in total. The fourth-order valence-electron chi connectivity index (χ4n) is 1.39. The van der Waals surface area contributed by atoms with Crippen LogP contribution in [0.4, 0.5) is 5.69 Å². The minimum atomic E-state index is 0.807. The molecule has 0 saturated carbocycles. The van der Waals surface area contributed by atoms with E-state index in [1.54, 1.807) is 30.4 Å². The molecule has 2 N–H and O–H groups in total. The van der Waals surface area contributed by atoms with E-state index in [2.05, 4.69) is 16.9 Å². The first-order valence-electron chi connectivity index (χ1n) is 4.99. The summed E-state index contributed by atoms with van der Waals surface area (Å²) in [5, 5.41) is 0. The third-order valence-corrected chi connectivity index (χ3v) is 3.40. The Morgan fingerprint density at radius 2 is 2.19 bits per heavy atom. The van der Waals surface area contributed by atoms with Crippen LogP contribution < -0.4 is 5.73 Å². The molecule has 0 atom stereocenters. The van der Waals surface area contributed by atoms with Crippen molar-refractivity contribution in [1.29, 1.82) is 0 Å². The van der Waals surface area contributed by atoms with Crippen LogP contribution in [0, 0.1) is 6.92 Å². The lowest BCUT2D eigenvalue weighted by atomic mass is 10.2. The SMILES string of the molecule is Cc1cc(N)ccc1SCc1cnccn1. The Kier molecular flexibility index (Phi) is 3.41. The maximum absolute atomic E-state index is 5.70. The Morgan fingerprint density at radius 3 is 2.88 bits per heavy atom. The van der Waals surface area contributed by atoms with E-state index in [1.807, 2.05) is 18.2 Å². The van der Waals surface area contributed by atoms with Gasteiger partial charge < -0.3 is 5.73 Å². The van der Waals surface area contributed by atoms with E-state index in [0.717, 1.165) is 17.1 Å². The Hall–Kier alpha value is -1.55. The molecular formula is C12H13N3S. The van der Waals surface area contributed by atoms with E-state index in [0.29, 0.717) is 0 Å². The number of thioether (sulfide) groups is 1. The second-order valence-electron chi connectivity index (χ2n) is 3.51. The van der Waals surface area contributed by atoms with E-state index < -0.39 is 0 Å². The van der Waals surface area contributed by atoms with Crippen LogP contribution >= 0.6 is 11.8 Å². The minimum Gasteiger partial charge on any atom is -0.399 e. The molecule has 16 heavy (non-hydrogen) atoms. The molecule has 0 aliphatic heterocycles. The van der Waals surface area contributed by atoms with Crippen LogP contribution in [0.2, 0.25) is 0 Å². The van der Waals surface area contributed by atoms with Crippen molar-refractivity contribution in [2.24, 2.45) is 0 Å². The topological polar surface area (TPSA) is 51.8 Å². The van der Waals surface area contributed by atoms with Gasteiger partial charge in [-0.1, -0.05) is 0 Å². The van der Waals surface area contributed by atoms with Crippen LogP contribution in [-0.2, 0) is 5.75 Å². The number of nitrogens with two attached hydrogens (primary N) is 1. The molecule has 0 amide bonds. The zero-order chi connectivity index (χ0) is 11.4. The van der Waals surface area contributed by atoms with Crippen LogP contribution in [0.15, 0.2) is 41.7 Å². The number of hydrogen-bond acceptors (Lipinski definition) is 4. The van der Waals surface area contributed by atoms with E-state index in [9.17, 15) is 0 Å². The number of rotatable bonds is 3. The molecule has 0 spiro atoms. The lowest BCUT2D eigenvalue weighted by Crippen LogP contribution is -1.90. The molecule has 0 saturated heterocycles. The van der Waals surface area contributed by atoms with Gasteiger partial charge in [0, 0.05) is 34.9 Å². The molecule has 0 bridgehead atoms. The molecule has 82 valence electrons. The first-order chi connectivity index (χ1) is 7.75. The lowest BCUT2D eigenvalue weighted by molar-refractivity contribution is 1.10. The van der Waals surface area contributed by atoms with Crippen molar-refractivity contribution in [3.8, 4) is 0 Å². The van der Waals surface area contributed by atoms with Crippen LogP contribution in [0.1, 0.15) is 11.3 Å². The van der Waals surface area contributed by atoms with Crippen molar-refractivity contribution >= 4 is 17.4 Å². The zero-order valence-corrected chi connectivity index (χ0v) is 9.87. The smallest absolute Gasteiger partial charge is 0.0689 e. The highest BCUT2D eigenvalue weighted by molar-refractivity contribution is 7.98. The van der Waals surface area contributed by atoms with Crippen molar-refractivity contribution in [2.75, 3.05) is 5.73 Å². The third-order valence-electron chi connectivity index (χ3n) is 2.19. The molecule has 0 radical (unpaired) electrons. The average molecular weight is 231 g/mol. The van der Waals surface area contributed by atoms with Gasteiger partial charge in [0.2, 0.25) is 0 Å². The highest BCUT2D eigenvalue weighted by Crippen LogP contribution is 2.26. The zero-order valence-electron chi connectivity index (χ0n) is 9.05. The van der Waals surface area contributed by atoms with Gasteiger partial charge in [0.15, 0.2) is 0 Å². The average Bonchev–Trinajstić information content (AvgIpc) is 2.29. The van der Waals surface area contributed by atoms with Crippen LogP contribution in [0.25, 0.3) is 0 Å². The molecule has 1 heterocycles. The number of benzene rings is 1. The van der Waals surface area contributed by atoms with Crippen molar-refractivity contribution in [3.63, 3.8) is 0 Å². The van der Waals surface area contributed by atoms with Crippen molar-refractivity contribution in [1.82, 2.24) is 9.97 Å². The first kappa shape index (κ1) is 11.0. The summed E-state index contributed by atoms with van der Waals surface area (Å²) < 4.78 is 0. The maximum Gasteiger partial charge on any atom is 0.0689 e. The summed E-state index contributed by atoms with van der Waals surface area (Å²) in [4.78, 5) is 9.51. The van der Waals surface area contributed by atoms with Crippen molar-refractivity contribution in [2.45, 2.75) is 17.6 Å². The molecule has 2 aromatic rings. The highest BCUT2D eigenvalue weighted by atomic mass is 32.2. The largest absolute Gasteiger partial charge is 0.399 e. The molecule has 4 heteroatoms. The van der Waals surface area contributed by atoms with Crippen molar-refractivity contribution in [3.05, 3.63) is 48.0 Å². The van der Waals surface area contributed by atoms with Crippen LogP contribution in [0.3, 0.4) is 0 Å². The van der Waals surface area contributed by atoms with E-state index in [-0.39, 0.29) is 0 Å². The normalized spacial score (nSPS) is 10.3. The van der Waals surface area contributed by atoms with Gasteiger partial charge in [-0.25, -0.2) is 0 Å². The highest BCUT2D eigenvalue weighted by Gasteiger charge is 2.01. The summed E-state index contributed by atoms with van der Waals surface area (Å²) >= 11 is 1.75. The van der Waals surface area contributed by atoms with Gasteiger partial charge in [-0.15, -0.1) is 11.8 Å². The number of aromatic nitrogens is 2. The molecule has 0 aliphatic carbocycles. The number of nitrogen functional groups attached to an aromatic ring is 1. The van der Waals surface area contributed by atoms with Gasteiger partial charge in [0.05, 0.1) is 5.69 Å². The second-order valence-corrected chi connectivity index (χ2v) is 4.53. The van der Waals surface area contributed by atoms with Crippen molar-refractivity contribution < 1.29 is 0 Å². The van der Waals surface area contributed by atoms with E-state index in [4.69, 9.17) is 5.73 Å². The minimum absolute atomic E-state index is 0.807. The summed E-state index contributed by atoms with van der Waals surface area (Å²) in [6.45, 7) is 2.06. The molecule has 0 unspecified atom stereocenters. The van der Waals surface area contributed by atoms with Crippen LogP contribution in [-0.4, -0.2) is 9.97 Å². The van der Waals surface area contributed by atoms with Crippen LogP contribution in [0.5, 0.6) is 0 Å². The summed E-state index contributed by atoms with van der Waals surface area (Å²) in [7, 11) is 0. The fourth-order valence-corrected chi connectivity index (χ4v) is 2.29. The summed E-state index contributed by atoms with van der Waals surface area (Å²) in [5.41, 5.74) is 8.70. The summed E-state index contributed by atoms with van der Waals surface area (Å²) in [6.07, 6.45) is 5.19. The number of hydrogen-bond donors (Lipinski definition) is 1.